The van der Waals surface area contributed by atoms with Crippen molar-refractivity contribution in [2.24, 2.45) is 17.6 Å². The molecule has 2 aliphatic rings. The van der Waals surface area contributed by atoms with Crippen molar-refractivity contribution in [3.8, 4) is 0 Å². The maximum Gasteiger partial charge on any atom is 0.0469 e. The molecule has 2 fully saturated rings. The summed E-state index contributed by atoms with van der Waals surface area (Å²) < 4.78 is 5.43. The summed E-state index contributed by atoms with van der Waals surface area (Å²) in [4.78, 5) is 0. The third-order valence-corrected chi connectivity index (χ3v) is 4.50. The number of hydrogen-bond donors (Lipinski definition) is 1. The molecular formula is C14H27NO. The lowest BCUT2D eigenvalue weighted by molar-refractivity contribution is 0.0487. The van der Waals surface area contributed by atoms with Crippen molar-refractivity contribution < 1.29 is 4.74 Å². The smallest absolute Gasteiger partial charge is 0.0469 e. The first-order chi connectivity index (χ1) is 7.88. The molecule has 0 amide bonds. The number of nitrogens with two attached hydrogens (primary N) is 1. The molecule has 2 rings (SSSR count). The van der Waals surface area contributed by atoms with Crippen molar-refractivity contribution in [2.75, 3.05) is 13.2 Å². The van der Waals surface area contributed by atoms with Crippen LogP contribution in [0, 0.1) is 11.8 Å². The Labute approximate surface area is 99.9 Å². The van der Waals surface area contributed by atoms with E-state index >= 15 is 0 Å². The third-order valence-electron chi connectivity index (χ3n) is 4.50. The highest BCUT2D eigenvalue weighted by atomic mass is 16.5. The molecule has 2 N–H and O–H groups in total. The van der Waals surface area contributed by atoms with Crippen LogP contribution < -0.4 is 5.73 Å². The van der Waals surface area contributed by atoms with Crippen LogP contribution in [0.1, 0.15) is 57.8 Å². The largest absolute Gasteiger partial charge is 0.381 e. The fourth-order valence-electron chi connectivity index (χ4n) is 3.36. The van der Waals surface area contributed by atoms with Gasteiger partial charge in [0.25, 0.3) is 0 Å². The van der Waals surface area contributed by atoms with E-state index in [0.717, 1.165) is 25.0 Å². The molecule has 0 aromatic carbocycles. The summed E-state index contributed by atoms with van der Waals surface area (Å²) in [6.45, 7) is 1.87. The maximum absolute atomic E-state index is 6.49. The van der Waals surface area contributed by atoms with Crippen LogP contribution in [0.5, 0.6) is 0 Å². The van der Waals surface area contributed by atoms with E-state index in [0.29, 0.717) is 6.04 Å². The number of hydrogen-bond acceptors (Lipinski definition) is 2. The van der Waals surface area contributed by atoms with Crippen molar-refractivity contribution in [2.45, 2.75) is 63.8 Å². The van der Waals surface area contributed by atoms with E-state index in [2.05, 4.69) is 0 Å². The van der Waals surface area contributed by atoms with Crippen molar-refractivity contribution in [3.63, 3.8) is 0 Å². The van der Waals surface area contributed by atoms with E-state index < -0.39 is 0 Å². The molecule has 1 aliphatic carbocycles. The van der Waals surface area contributed by atoms with Gasteiger partial charge in [-0.1, -0.05) is 32.1 Å². The van der Waals surface area contributed by atoms with Crippen LogP contribution in [0.4, 0.5) is 0 Å². The van der Waals surface area contributed by atoms with Crippen molar-refractivity contribution >= 4 is 0 Å². The molecular weight excluding hydrogens is 198 g/mol. The van der Waals surface area contributed by atoms with Gasteiger partial charge in [-0.3, -0.25) is 0 Å². The maximum atomic E-state index is 6.49. The highest BCUT2D eigenvalue weighted by molar-refractivity contribution is 4.82. The van der Waals surface area contributed by atoms with E-state index in [1.165, 1.54) is 57.8 Å². The lowest BCUT2D eigenvalue weighted by Crippen LogP contribution is -2.40. The quantitative estimate of drug-likeness (QED) is 0.783. The van der Waals surface area contributed by atoms with Crippen LogP contribution in [0.3, 0.4) is 0 Å². The van der Waals surface area contributed by atoms with E-state index in [1.807, 2.05) is 0 Å². The van der Waals surface area contributed by atoms with Gasteiger partial charge in [0.1, 0.15) is 0 Å². The minimum Gasteiger partial charge on any atom is -0.381 e. The Morgan fingerprint density at radius 3 is 1.88 bits per heavy atom. The Hall–Kier alpha value is -0.0800. The van der Waals surface area contributed by atoms with Crippen LogP contribution in [0.15, 0.2) is 0 Å². The van der Waals surface area contributed by atoms with E-state index in [4.69, 9.17) is 10.5 Å². The van der Waals surface area contributed by atoms with Gasteiger partial charge in [-0.25, -0.2) is 0 Å². The van der Waals surface area contributed by atoms with Crippen LogP contribution in [-0.4, -0.2) is 19.3 Å². The Bertz CT molecular complexity index is 181. The summed E-state index contributed by atoms with van der Waals surface area (Å²) in [7, 11) is 0. The molecule has 0 spiro atoms. The summed E-state index contributed by atoms with van der Waals surface area (Å²) in [5, 5.41) is 0. The predicted molar refractivity (Wildman–Crippen MR) is 67.3 cm³/mol. The van der Waals surface area contributed by atoms with Gasteiger partial charge in [-0.05, 0) is 37.5 Å². The second-order valence-corrected chi connectivity index (χ2v) is 5.63. The zero-order chi connectivity index (χ0) is 11.2. The van der Waals surface area contributed by atoms with E-state index in [1.54, 1.807) is 0 Å². The van der Waals surface area contributed by atoms with Crippen LogP contribution >= 0.6 is 0 Å². The van der Waals surface area contributed by atoms with Gasteiger partial charge in [0.15, 0.2) is 0 Å². The molecule has 0 radical (unpaired) electrons. The minimum absolute atomic E-state index is 0.446. The van der Waals surface area contributed by atoms with Gasteiger partial charge in [0.05, 0.1) is 0 Å². The van der Waals surface area contributed by atoms with Gasteiger partial charge in [0, 0.05) is 19.3 Å². The second kappa shape index (κ2) is 6.61. The molecule has 0 aromatic heterocycles. The third kappa shape index (κ3) is 3.46. The molecule has 0 bridgehead atoms. The number of ether oxygens (including phenoxy) is 1. The lowest BCUT2D eigenvalue weighted by Gasteiger charge is -2.34. The van der Waals surface area contributed by atoms with Gasteiger partial charge in [-0.2, -0.15) is 0 Å². The average Bonchev–Trinajstić information content (AvgIpc) is 2.29. The first kappa shape index (κ1) is 12.4. The summed E-state index contributed by atoms with van der Waals surface area (Å²) in [6.07, 6.45) is 12.2. The van der Waals surface area contributed by atoms with E-state index in [9.17, 15) is 0 Å². The molecule has 1 heterocycles. The molecule has 1 saturated carbocycles. The Morgan fingerprint density at radius 2 is 1.25 bits per heavy atom. The zero-order valence-electron chi connectivity index (χ0n) is 10.5. The van der Waals surface area contributed by atoms with E-state index in [-0.39, 0.29) is 0 Å². The van der Waals surface area contributed by atoms with Crippen LogP contribution in [0.25, 0.3) is 0 Å². The minimum atomic E-state index is 0.446. The van der Waals surface area contributed by atoms with Crippen LogP contribution in [-0.2, 0) is 4.74 Å². The monoisotopic (exact) mass is 225 g/mol. The molecule has 16 heavy (non-hydrogen) atoms. The van der Waals surface area contributed by atoms with Crippen LogP contribution in [0.2, 0.25) is 0 Å². The van der Waals surface area contributed by atoms with Crippen molar-refractivity contribution in [1.82, 2.24) is 0 Å². The van der Waals surface area contributed by atoms with Gasteiger partial charge in [0.2, 0.25) is 0 Å². The summed E-state index contributed by atoms with van der Waals surface area (Å²) in [6, 6.07) is 0.446. The molecule has 2 heteroatoms. The summed E-state index contributed by atoms with van der Waals surface area (Å²) in [5.74, 6) is 1.53. The second-order valence-electron chi connectivity index (χ2n) is 5.63. The molecule has 2 nitrogen and oxygen atoms in total. The Morgan fingerprint density at radius 1 is 0.750 bits per heavy atom. The van der Waals surface area contributed by atoms with Crippen molar-refractivity contribution in [1.29, 1.82) is 0 Å². The molecule has 1 unspecified atom stereocenters. The number of rotatable bonds is 2. The predicted octanol–water partition coefficient (Wildman–Crippen LogP) is 3.10. The fraction of sp³-hybridized carbons (Fsp3) is 1.00. The Balaban J connectivity index is 1.82. The SMILES string of the molecule is NC(C1CCCCCCC1)C1CCOCC1. The first-order valence-corrected chi connectivity index (χ1v) is 7.21. The van der Waals surface area contributed by atoms with Gasteiger partial charge < -0.3 is 10.5 Å². The molecule has 1 saturated heterocycles. The Kier molecular flexibility index (Phi) is 5.11. The average molecular weight is 225 g/mol. The van der Waals surface area contributed by atoms with Gasteiger partial charge >= 0.3 is 0 Å². The molecule has 0 aromatic rings. The highest BCUT2D eigenvalue weighted by Gasteiger charge is 2.27. The molecule has 94 valence electrons. The highest BCUT2D eigenvalue weighted by Crippen LogP contribution is 2.30. The standard InChI is InChI=1S/C14H27NO/c15-14(13-8-10-16-11-9-13)12-6-4-2-1-3-5-7-12/h12-14H,1-11,15H2. The fourth-order valence-corrected chi connectivity index (χ4v) is 3.36. The summed E-state index contributed by atoms with van der Waals surface area (Å²) in [5.41, 5.74) is 6.49. The van der Waals surface area contributed by atoms with Crippen molar-refractivity contribution in [3.05, 3.63) is 0 Å². The zero-order valence-corrected chi connectivity index (χ0v) is 10.5. The first-order valence-electron chi connectivity index (χ1n) is 7.21. The molecule has 1 aliphatic heterocycles. The summed E-state index contributed by atoms with van der Waals surface area (Å²) >= 11 is 0. The molecule has 1 atom stereocenters. The topological polar surface area (TPSA) is 35.2 Å². The lowest BCUT2D eigenvalue weighted by atomic mass is 9.78. The van der Waals surface area contributed by atoms with Gasteiger partial charge in [-0.15, -0.1) is 0 Å². The normalized spacial score (nSPS) is 28.3.